The molecule has 0 bridgehead atoms. The third-order valence-corrected chi connectivity index (χ3v) is 5.14. The Balaban J connectivity index is 1.35. The summed E-state index contributed by atoms with van der Waals surface area (Å²) in [6, 6.07) is 16.0. The van der Waals surface area contributed by atoms with Crippen molar-refractivity contribution in [3.8, 4) is 0 Å². The van der Waals surface area contributed by atoms with Gasteiger partial charge >= 0.3 is 0 Å². The first-order valence-electron chi connectivity index (χ1n) is 9.94. The Morgan fingerprint density at radius 2 is 1.68 bits per heavy atom. The largest absolute Gasteiger partial charge is 0.353 e. The predicted octanol–water partition coefficient (Wildman–Crippen LogP) is 5.32. The highest BCUT2D eigenvalue weighted by atomic mass is 19.1. The summed E-state index contributed by atoms with van der Waals surface area (Å²) in [6.07, 6.45) is 7.07. The first kappa shape index (κ1) is 20.0. The summed E-state index contributed by atoms with van der Waals surface area (Å²) in [5.41, 5.74) is 3.00. The summed E-state index contributed by atoms with van der Waals surface area (Å²) in [7, 11) is 0. The molecule has 0 unspecified atom stereocenters. The number of nitrogens with one attached hydrogen (secondary N) is 1. The highest BCUT2D eigenvalue weighted by molar-refractivity contribution is 5.95. The van der Waals surface area contributed by atoms with Crippen molar-refractivity contribution >= 4 is 17.3 Å². The number of unbranched alkanes of at least 4 members (excludes halogenated alkanes) is 1. The standard InChI is InChI=1S/C24H26FNO2/c25-21-14-10-18(11-15-21)19-12-16-22(17-13-19)26-24(28)9-5-4-8-23(27)20-6-2-1-3-7-20/h1-3,6-7,10-12,14-15,22H,4-5,8-9,13,16-17H2,(H,26,28)/t22-/m0/s1. The number of hydrogen-bond acceptors (Lipinski definition) is 2. The molecule has 2 aromatic rings. The summed E-state index contributed by atoms with van der Waals surface area (Å²) >= 11 is 0. The SMILES string of the molecule is O=C(CCCCC(=O)c1ccccc1)N[C@H]1CC=C(c2ccc(F)cc2)CC1. The van der Waals surface area contributed by atoms with Crippen LogP contribution >= 0.6 is 0 Å². The minimum absolute atomic E-state index is 0.0517. The van der Waals surface area contributed by atoms with Gasteiger partial charge in [-0.25, -0.2) is 4.39 Å². The van der Waals surface area contributed by atoms with E-state index in [1.807, 2.05) is 30.3 Å². The molecule has 146 valence electrons. The van der Waals surface area contributed by atoms with E-state index in [9.17, 15) is 14.0 Å². The quantitative estimate of drug-likeness (QED) is 0.498. The van der Waals surface area contributed by atoms with Crippen LogP contribution in [-0.2, 0) is 4.79 Å². The Hall–Kier alpha value is -2.75. The Morgan fingerprint density at radius 3 is 2.36 bits per heavy atom. The van der Waals surface area contributed by atoms with Crippen LogP contribution in [0.5, 0.6) is 0 Å². The van der Waals surface area contributed by atoms with E-state index in [0.717, 1.165) is 36.8 Å². The van der Waals surface area contributed by atoms with E-state index >= 15 is 0 Å². The number of rotatable bonds is 8. The molecule has 1 aliphatic rings. The van der Waals surface area contributed by atoms with Crippen LogP contribution in [0.4, 0.5) is 4.39 Å². The van der Waals surface area contributed by atoms with Gasteiger partial charge in [0.1, 0.15) is 5.82 Å². The lowest BCUT2D eigenvalue weighted by Crippen LogP contribution is -2.35. The number of amides is 1. The molecule has 28 heavy (non-hydrogen) atoms. The normalized spacial score (nSPS) is 16.3. The molecule has 1 amide bonds. The van der Waals surface area contributed by atoms with Crippen molar-refractivity contribution in [2.75, 3.05) is 0 Å². The minimum Gasteiger partial charge on any atom is -0.353 e. The van der Waals surface area contributed by atoms with Crippen molar-refractivity contribution < 1.29 is 14.0 Å². The van der Waals surface area contributed by atoms with Gasteiger partial charge in [0.05, 0.1) is 0 Å². The molecule has 0 radical (unpaired) electrons. The lowest BCUT2D eigenvalue weighted by atomic mass is 9.90. The van der Waals surface area contributed by atoms with Gasteiger partial charge in [0.2, 0.25) is 5.91 Å². The molecule has 1 N–H and O–H groups in total. The molecule has 0 saturated heterocycles. The lowest BCUT2D eigenvalue weighted by molar-refractivity contribution is -0.121. The fourth-order valence-corrected chi connectivity index (χ4v) is 3.53. The van der Waals surface area contributed by atoms with E-state index < -0.39 is 0 Å². The van der Waals surface area contributed by atoms with Gasteiger partial charge < -0.3 is 5.32 Å². The zero-order valence-electron chi connectivity index (χ0n) is 16.0. The van der Waals surface area contributed by atoms with Gasteiger partial charge in [-0.15, -0.1) is 0 Å². The van der Waals surface area contributed by atoms with E-state index in [4.69, 9.17) is 0 Å². The molecule has 0 saturated carbocycles. The van der Waals surface area contributed by atoms with E-state index in [-0.39, 0.29) is 23.5 Å². The number of carbonyl (C=O) groups excluding carboxylic acids is 2. The highest BCUT2D eigenvalue weighted by Gasteiger charge is 2.17. The number of hydrogen-bond donors (Lipinski definition) is 1. The van der Waals surface area contributed by atoms with Crippen LogP contribution < -0.4 is 5.32 Å². The predicted molar refractivity (Wildman–Crippen MR) is 109 cm³/mol. The summed E-state index contributed by atoms with van der Waals surface area (Å²) in [4.78, 5) is 24.2. The molecule has 0 spiro atoms. The second-order valence-electron chi connectivity index (χ2n) is 7.27. The molecule has 2 aromatic carbocycles. The fraction of sp³-hybridized carbons (Fsp3) is 0.333. The maximum absolute atomic E-state index is 13.0. The molecule has 1 aliphatic carbocycles. The first-order chi connectivity index (χ1) is 13.6. The van der Waals surface area contributed by atoms with Gasteiger partial charge in [0, 0.05) is 24.4 Å². The zero-order chi connectivity index (χ0) is 19.8. The summed E-state index contributed by atoms with van der Waals surface area (Å²) in [5, 5.41) is 3.09. The maximum Gasteiger partial charge on any atom is 0.220 e. The average molecular weight is 379 g/mol. The van der Waals surface area contributed by atoms with Gasteiger partial charge in [-0.05, 0) is 55.4 Å². The Bertz CT molecular complexity index is 827. The van der Waals surface area contributed by atoms with Crippen LogP contribution in [0.1, 0.15) is 60.9 Å². The van der Waals surface area contributed by atoms with Gasteiger partial charge in [0.15, 0.2) is 5.78 Å². The zero-order valence-corrected chi connectivity index (χ0v) is 16.0. The average Bonchev–Trinajstić information content (AvgIpc) is 2.73. The number of allylic oxidation sites excluding steroid dienone is 1. The smallest absolute Gasteiger partial charge is 0.220 e. The molecule has 3 rings (SSSR count). The van der Waals surface area contributed by atoms with Crippen molar-refractivity contribution in [3.05, 3.63) is 77.6 Å². The molecular weight excluding hydrogens is 353 g/mol. The van der Waals surface area contributed by atoms with Gasteiger partial charge in [-0.2, -0.15) is 0 Å². The van der Waals surface area contributed by atoms with Crippen LogP contribution in [0, 0.1) is 5.82 Å². The van der Waals surface area contributed by atoms with Gasteiger partial charge in [0.25, 0.3) is 0 Å². The number of halogens is 1. The molecule has 0 aromatic heterocycles. The van der Waals surface area contributed by atoms with Crippen molar-refractivity contribution in [1.82, 2.24) is 5.32 Å². The Morgan fingerprint density at radius 1 is 0.964 bits per heavy atom. The van der Waals surface area contributed by atoms with Crippen molar-refractivity contribution in [2.45, 2.75) is 51.0 Å². The minimum atomic E-state index is -0.226. The topological polar surface area (TPSA) is 46.2 Å². The number of Topliss-reactive ketones (excluding diaryl/α,β-unsaturated/α-hetero) is 1. The van der Waals surface area contributed by atoms with Crippen molar-refractivity contribution in [3.63, 3.8) is 0 Å². The molecule has 0 aliphatic heterocycles. The maximum atomic E-state index is 13.0. The van der Waals surface area contributed by atoms with E-state index in [1.165, 1.54) is 17.7 Å². The van der Waals surface area contributed by atoms with E-state index in [1.54, 1.807) is 12.1 Å². The number of carbonyl (C=O) groups is 2. The third kappa shape index (κ3) is 5.88. The third-order valence-electron chi connectivity index (χ3n) is 5.14. The summed E-state index contributed by atoms with van der Waals surface area (Å²) < 4.78 is 13.0. The molecule has 3 nitrogen and oxygen atoms in total. The summed E-state index contributed by atoms with van der Waals surface area (Å²) in [5.74, 6) is -0.0432. The van der Waals surface area contributed by atoms with Crippen LogP contribution in [0.2, 0.25) is 0 Å². The second-order valence-corrected chi connectivity index (χ2v) is 7.27. The molecule has 0 fully saturated rings. The first-order valence-corrected chi connectivity index (χ1v) is 9.94. The molecule has 0 heterocycles. The molecular formula is C24H26FNO2. The van der Waals surface area contributed by atoms with Crippen LogP contribution in [0.25, 0.3) is 5.57 Å². The molecule has 4 heteroatoms. The second kappa shape index (κ2) is 9.98. The number of ketones is 1. The fourth-order valence-electron chi connectivity index (χ4n) is 3.53. The number of benzene rings is 2. The molecule has 1 atom stereocenters. The van der Waals surface area contributed by atoms with Gasteiger partial charge in [-0.3, -0.25) is 9.59 Å². The monoisotopic (exact) mass is 379 g/mol. The van der Waals surface area contributed by atoms with Crippen LogP contribution in [0.3, 0.4) is 0 Å². The van der Waals surface area contributed by atoms with Crippen LogP contribution in [-0.4, -0.2) is 17.7 Å². The van der Waals surface area contributed by atoms with Crippen LogP contribution in [0.15, 0.2) is 60.7 Å². The summed E-state index contributed by atoms with van der Waals surface area (Å²) in [6.45, 7) is 0. The van der Waals surface area contributed by atoms with Crippen molar-refractivity contribution in [1.29, 1.82) is 0 Å². The van der Waals surface area contributed by atoms with Gasteiger partial charge in [-0.1, -0.05) is 48.5 Å². The lowest BCUT2D eigenvalue weighted by Gasteiger charge is -2.23. The Kier molecular flexibility index (Phi) is 7.12. The van der Waals surface area contributed by atoms with Crippen molar-refractivity contribution in [2.24, 2.45) is 0 Å². The van der Waals surface area contributed by atoms with E-state index in [2.05, 4.69) is 11.4 Å². The van der Waals surface area contributed by atoms with E-state index in [0.29, 0.717) is 19.3 Å². The highest BCUT2D eigenvalue weighted by Crippen LogP contribution is 2.27. The Labute approximate surface area is 165 Å².